The minimum Gasteiger partial charge on any atom is -0.449 e. The average Bonchev–Trinajstić information content (AvgIpc) is 3.48. The van der Waals surface area contributed by atoms with Gasteiger partial charge in [-0.3, -0.25) is 4.98 Å². The van der Waals surface area contributed by atoms with Crippen LogP contribution in [0.4, 0.5) is 16.2 Å². The molecule has 0 aliphatic heterocycles. The van der Waals surface area contributed by atoms with Gasteiger partial charge < -0.3 is 14.5 Å². The maximum Gasteiger partial charge on any atom is 0.435 e. The Hall–Kier alpha value is -4.67. The number of hydrogen-bond acceptors (Lipinski definition) is 9. The second kappa shape index (κ2) is 10.6. The van der Waals surface area contributed by atoms with E-state index in [2.05, 4.69) is 35.4 Å². The van der Waals surface area contributed by atoms with Crippen LogP contribution in [0.3, 0.4) is 0 Å². The van der Waals surface area contributed by atoms with Crippen LogP contribution in [0.5, 0.6) is 0 Å². The standard InChI is InChI=1S/C26H24ClN9O3/c1-26(2,3)39-25(37)36-22-16(27)7-8-17(20(22)18(34-36)6-4-12-32-35-28)33-21-15-9-13-29-14-19(15)38-23(21)24-30-10-5-11-31-24/h5,7-11,13-14,33H,4,6,12H2,1-3H3. The molecule has 0 atom stereocenters. The zero-order valence-electron chi connectivity index (χ0n) is 21.4. The summed E-state index contributed by atoms with van der Waals surface area (Å²) in [6.45, 7) is 5.60. The van der Waals surface area contributed by atoms with Crippen LogP contribution in [-0.2, 0) is 11.2 Å². The molecule has 12 nitrogen and oxygen atoms in total. The summed E-state index contributed by atoms with van der Waals surface area (Å²) in [7, 11) is 0. The van der Waals surface area contributed by atoms with Crippen LogP contribution in [-0.4, -0.2) is 43.0 Å². The first-order chi connectivity index (χ1) is 18.8. The normalized spacial score (nSPS) is 11.5. The summed E-state index contributed by atoms with van der Waals surface area (Å²) < 4.78 is 12.9. The molecular formula is C26H24ClN9O3. The molecule has 5 rings (SSSR count). The number of carbonyl (C=O) groups excluding carboxylic acids is 1. The van der Waals surface area contributed by atoms with E-state index >= 15 is 0 Å². The van der Waals surface area contributed by atoms with Crippen molar-refractivity contribution in [1.82, 2.24) is 24.7 Å². The molecule has 1 aromatic carbocycles. The van der Waals surface area contributed by atoms with Crippen molar-refractivity contribution in [2.45, 2.75) is 39.2 Å². The predicted molar refractivity (Wildman–Crippen MR) is 147 cm³/mol. The molecule has 0 unspecified atom stereocenters. The molecule has 198 valence electrons. The summed E-state index contributed by atoms with van der Waals surface area (Å²) in [6.07, 6.45) is 6.82. The highest BCUT2D eigenvalue weighted by Gasteiger charge is 2.26. The zero-order chi connectivity index (χ0) is 27.6. The van der Waals surface area contributed by atoms with Crippen LogP contribution in [0.15, 0.2) is 58.6 Å². The molecule has 0 radical (unpaired) electrons. The summed E-state index contributed by atoms with van der Waals surface area (Å²) in [4.78, 5) is 28.8. The molecule has 0 fully saturated rings. The number of benzene rings is 1. The number of aromatic nitrogens is 5. The van der Waals surface area contributed by atoms with E-state index in [0.717, 1.165) is 5.39 Å². The van der Waals surface area contributed by atoms with Crippen LogP contribution >= 0.6 is 11.6 Å². The van der Waals surface area contributed by atoms with E-state index in [1.165, 1.54) is 4.68 Å². The largest absolute Gasteiger partial charge is 0.449 e. The Morgan fingerprint density at radius 1 is 1.23 bits per heavy atom. The number of azide groups is 1. The number of fused-ring (bicyclic) bond motifs is 2. The van der Waals surface area contributed by atoms with Gasteiger partial charge in [-0.2, -0.15) is 9.78 Å². The molecule has 4 aromatic heterocycles. The lowest BCUT2D eigenvalue weighted by Gasteiger charge is -2.19. The van der Waals surface area contributed by atoms with Crippen LogP contribution in [0, 0.1) is 0 Å². The van der Waals surface area contributed by atoms with Gasteiger partial charge in [-0.15, -0.1) is 0 Å². The predicted octanol–water partition coefficient (Wildman–Crippen LogP) is 7.06. The van der Waals surface area contributed by atoms with Gasteiger partial charge in [0.05, 0.1) is 28.3 Å². The van der Waals surface area contributed by atoms with Crippen LogP contribution in [0.2, 0.25) is 5.02 Å². The van der Waals surface area contributed by atoms with E-state index in [0.29, 0.717) is 63.0 Å². The second-order valence-electron chi connectivity index (χ2n) is 9.59. The Balaban J connectivity index is 1.69. The molecule has 0 bridgehead atoms. The first kappa shape index (κ1) is 26.0. The number of rotatable bonds is 7. The number of pyridine rings is 1. The third-order valence-electron chi connectivity index (χ3n) is 5.67. The van der Waals surface area contributed by atoms with Crippen molar-refractivity contribution in [3.8, 4) is 11.6 Å². The lowest BCUT2D eigenvalue weighted by atomic mass is 10.1. The van der Waals surface area contributed by atoms with Crippen molar-refractivity contribution in [1.29, 1.82) is 0 Å². The number of nitrogens with zero attached hydrogens (tertiary/aromatic N) is 8. The smallest absolute Gasteiger partial charge is 0.435 e. The summed E-state index contributed by atoms with van der Waals surface area (Å²) in [5.41, 5.74) is 10.7. The maximum atomic E-state index is 13.2. The van der Waals surface area contributed by atoms with E-state index in [1.807, 2.05) is 6.07 Å². The SMILES string of the molecule is CC(C)(C)OC(=O)n1nc(CCCN=[N+]=[N-])c2c(Nc3c(-c4ncccn4)oc4cnccc34)ccc(Cl)c21. The van der Waals surface area contributed by atoms with Crippen molar-refractivity contribution in [3.63, 3.8) is 0 Å². The van der Waals surface area contributed by atoms with E-state index in [9.17, 15) is 4.79 Å². The fourth-order valence-corrected chi connectivity index (χ4v) is 4.39. The maximum absolute atomic E-state index is 13.2. The fraction of sp³-hybridized carbons (Fsp3) is 0.269. The lowest BCUT2D eigenvalue weighted by Crippen LogP contribution is -2.27. The highest BCUT2D eigenvalue weighted by molar-refractivity contribution is 6.36. The first-order valence-corrected chi connectivity index (χ1v) is 12.5. The number of anilines is 2. The van der Waals surface area contributed by atoms with Crippen LogP contribution in [0.25, 0.3) is 43.9 Å². The number of nitrogens with one attached hydrogen (secondary N) is 1. The molecule has 0 amide bonds. The number of ether oxygens (including phenoxy) is 1. The molecule has 0 saturated carbocycles. The molecule has 39 heavy (non-hydrogen) atoms. The van der Waals surface area contributed by atoms with Gasteiger partial charge in [-0.1, -0.05) is 16.7 Å². The molecule has 0 spiro atoms. The molecule has 1 N–H and O–H groups in total. The van der Waals surface area contributed by atoms with Gasteiger partial charge in [0.2, 0.25) is 0 Å². The van der Waals surface area contributed by atoms with Crippen molar-refractivity contribution >= 4 is 50.9 Å². The molecular weight excluding hydrogens is 522 g/mol. The third-order valence-corrected chi connectivity index (χ3v) is 5.98. The number of carbonyl (C=O) groups is 1. The van der Waals surface area contributed by atoms with Gasteiger partial charge in [-0.05, 0) is 63.4 Å². The first-order valence-electron chi connectivity index (χ1n) is 12.1. The number of halogens is 1. The Bertz CT molecular complexity index is 1720. The Morgan fingerprint density at radius 3 is 2.77 bits per heavy atom. The summed E-state index contributed by atoms with van der Waals surface area (Å²) >= 11 is 6.64. The Labute approximate surface area is 227 Å². The zero-order valence-corrected chi connectivity index (χ0v) is 22.2. The van der Waals surface area contributed by atoms with Gasteiger partial charge in [0, 0.05) is 40.8 Å². The second-order valence-corrected chi connectivity index (χ2v) is 10.00. The van der Waals surface area contributed by atoms with Gasteiger partial charge in [0.25, 0.3) is 0 Å². The molecule has 0 saturated heterocycles. The fourth-order valence-electron chi connectivity index (χ4n) is 4.15. The average molecular weight is 546 g/mol. The summed E-state index contributed by atoms with van der Waals surface area (Å²) in [5.74, 6) is 0.812. The molecule has 0 aliphatic rings. The topological polar surface area (TPSA) is 157 Å². The van der Waals surface area contributed by atoms with E-state index in [1.54, 1.807) is 63.8 Å². The Kier molecular flexibility index (Phi) is 7.05. The van der Waals surface area contributed by atoms with E-state index in [4.69, 9.17) is 26.3 Å². The quantitative estimate of drug-likeness (QED) is 0.0984. The molecule has 13 heteroatoms. The lowest BCUT2D eigenvalue weighted by molar-refractivity contribution is 0.0522. The van der Waals surface area contributed by atoms with E-state index in [-0.39, 0.29) is 6.54 Å². The van der Waals surface area contributed by atoms with Crippen molar-refractivity contribution in [3.05, 3.63) is 70.2 Å². The van der Waals surface area contributed by atoms with Crippen molar-refractivity contribution in [2.24, 2.45) is 5.11 Å². The van der Waals surface area contributed by atoms with Gasteiger partial charge >= 0.3 is 6.09 Å². The molecule has 5 aromatic rings. The van der Waals surface area contributed by atoms with Gasteiger partial charge in [-0.25, -0.2) is 14.8 Å². The molecule has 0 aliphatic carbocycles. The highest BCUT2D eigenvalue weighted by atomic mass is 35.5. The Morgan fingerprint density at radius 2 is 2.03 bits per heavy atom. The minimum absolute atomic E-state index is 0.273. The summed E-state index contributed by atoms with van der Waals surface area (Å²) in [5, 5.41) is 13.4. The molecule has 4 heterocycles. The van der Waals surface area contributed by atoms with Crippen LogP contribution < -0.4 is 5.32 Å². The number of aryl methyl sites for hydroxylation is 1. The van der Waals surface area contributed by atoms with Crippen molar-refractivity contribution < 1.29 is 13.9 Å². The number of hydrogen-bond donors (Lipinski definition) is 1. The minimum atomic E-state index is -0.742. The highest BCUT2D eigenvalue weighted by Crippen LogP contribution is 2.41. The van der Waals surface area contributed by atoms with Gasteiger partial charge in [0.15, 0.2) is 17.2 Å². The summed E-state index contributed by atoms with van der Waals surface area (Å²) in [6, 6.07) is 7.03. The van der Waals surface area contributed by atoms with Crippen LogP contribution in [0.1, 0.15) is 32.9 Å². The monoisotopic (exact) mass is 545 g/mol. The van der Waals surface area contributed by atoms with Crippen molar-refractivity contribution in [2.75, 3.05) is 11.9 Å². The number of furan rings is 1. The van der Waals surface area contributed by atoms with Gasteiger partial charge in [0.1, 0.15) is 11.1 Å². The third kappa shape index (κ3) is 5.33. The van der Waals surface area contributed by atoms with E-state index < -0.39 is 11.7 Å².